The quantitative estimate of drug-likeness (QED) is 0.506. The van der Waals surface area contributed by atoms with Gasteiger partial charge in [-0.15, -0.1) is 9.79 Å². The van der Waals surface area contributed by atoms with Crippen LogP contribution >= 0.6 is 8.25 Å². The van der Waals surface area contributed by atoms with E-state index in [2.05, 4.69) is 4.74 Å². The highest BCUT2D eigenvalue weighted by Crippen LogP contribution is 2.14. The monoisotopic (exact) mass is 223 g/mol. The highest BCUT2D eigenvalue weighted by molar-refractivity contribution is 7.30. The van der Waals surface area contributed by atoms with Gasteiger partial charge >= 0.3 is 20.4 Å². The Balaban J connectivity index is 0. The van der Waals surface area contributed by atoms with Crippen LogP contribution in [0.15, 0.2) is 0 Å². The molecule has 0 rings (SSSR count). The average molecular weight is 223 g/mol. The molecule has 0 heterocycles. The lowest BCUT2D eigenvalue weighted by atomic mass is 10.7. The summed E-state index contributed by atoms with van der Waals surface area (Å²) in [7, 11) is -2.87. The third-order valence-corrected chi connectivity index (χ3v) is 0.439. The molecule has 0 aliphatic carbocycles. The Kier molecular flexibility index (Phi) is 7.69. The summed E-state index contributed by atoms with van der Waals surface area (Å²) in [5.74, 6) is -0.924. The Morgan fingerprint density at radius 3 is 1.85 bits per heavy atom. The largest absolute Gasteiger partial charge is 0.692 e. The van der Waals surface area contributed by atoms with Crippen LogP contribution in [-0.2, 0) is 14.1 Å². The van der Waals surface area contributed by atoms with E-state index in [0.29, 0.717) is 0 Å². The first-order chi connectivity index (χ1) is 5.65. The molecule has 9 heteroatoms. The Morgan fingerprint density at radius 2 is 1.77 bits per heavy atom. The van der Waals surface area contributed by atoms with Crippen LogP contribution in [0.25, 0.3) is 0 Å². The maximum absolute atomic E-state index is 11.1. The minimum Gasteiger partial charge on any atom is -0.456 e. The van der Waals surface area contributed by atoms with Gasteiger partial charge in [0.1, 0.15) is 0 Å². The van der Waals surface area contributed by atoms with Crippen molar-refractivity contribution in [3.05, 3.63) is 0 Å². The lowest BCUT2D eigenvalue weighted by molar-refractivity contribution is -0.184. The van der Waals surface area contributed by atoms with Crippen molar-refractivity contribution in [2.45, 2.75) is 13.1 Å². The smallest absolute Gasteiger partial charge is 0.456 e. The molecule has 78 valence electrons. The van der Waals surface area contributed by atoms with Crippen molar-refractivity contribution >= 4 is 14.2 Å². The van der Waals surface area contributed by atoms with Gasteiger partial charge in [0, 0.05) is 11.5 Å². The molecule has 0 fully saturated rings. The van der Waals surface area contributed by atoms with E-state index < -0.39 is 27.0 Å². The predicted molar refractivity (Wildman–Crippen MR) is 34.7 cm³/mol. The number of rotatable bonds is 1. The highest BCUT2D eigenvalue weighted by Gasteiger charge is 2.28. The first-order valence-corrected chi connectivity index (χ1v) is 3.87. The van der Waals surface area contributed by atoms with Gasteiger partial charge in [0.25, 0.3) is 0 Å². The first kappa shape index (κ1) is 14.8. The fourth-order valence-corrected chi connectivity index (χ4v) is 0.183. The second-order valence-corrected chi connectivity index (χ2v) is 2.15. The van der Waals surface area contributed by atoms with E-state index in [9.17, 15) is 18.0 Å². The summed E-state index contributed by atoms with van der Waals surface area (Å²) in [4.78, 5) is 24.0. The summed E-state index contributed by atoms with van der Waals surface area (Å²) >= 11 is 0. The summed E-state index contributed by atoms with van der Waals surface area (Å²) in [6.07, 6.45) is -4.41. The van der Waals surface area contributed by atoms with Crippen LogP contribution in [0.1, 0.15) is 6.92 Å². The molecule has 0 aromatic carbocycles. The fourth-order valence-electron chi connectivity index (χ4n) is 0.183. The van der Waals surface area contributed by atoms with Crippen molar-refractivity contribution in [1.29, 1.82) is 0 Å². The first-order valence-electron chi connectivity index (χ1n) is 2.70. The lowest BCUT2D eigenvalue weighted by Gasteiger charge is -2.04. The molecular weight excluding hydrogens is 216 g/mol. The number of carbonyl (C=O) groups excluding carboxylic acids is 1. The minimum absolute atomic E-state index is 0.922. The summed E-state index contributed by atoms with van der Waals surface area (Å²) in [6.45, 7) is -0.575. The molecule has 0 atom stereocenters. The third-order valence-electron chi connectivity index (χ3n) is 0.439. The van der Waals surface area contributed by atoms with Gasteiger partial charge in [-0.3, -0.25) is 4.79 Å². The van der Waals surface area contributed by atoms with E-state index in [1.165, 1.54) is 0 Å². The summed E-state index contributed by atoms with van der Waals surface area (Å²) in [5, 5.41) is 0. The van der Waals surface area contributed by atoms with E-state index >= 15 is 0 Å². The van der Waals surface area contributed by atoms with Gasteiger partial charge in [-0.1, -0.05) is 0 Å². The van der Waals surface area contributed by atoms with Crippen molar-refractivity contribution in [3.8, 4) is 0 Å². The molecule has 0 saturated heterocycles. The Labute approximate surface area is 72.1 Å². The molecule has 13 heavy (non-hydrogen) atoms. The van der Waals surface area contributed by atoms with Crippen molar-refractivity contribution in [1.82, 2.24) is 0 Å². The van der Waals surface area contributed by atoms with Crippen molar-refractivity contribution in [2.75, 3.05) is 6.61 Å². The summed E-state index contributed by atoms with van der Waals surface area (Å²) < 4.78 is 45.8. The zero-order chi connectivity index (χ0) is 11.1. The van der Waals surface area contributed by atoms with Gasteiger partial charge in [0.2, 0.25) is 0 Å². The van der Waals surface area contributed by atoms with Crippen LogP contribution in [-0.4, -0.2) is 28.5 Å². The van der Waals surface area contributed by atoms with Crippen LogP contribution in [0.5, 0.6) is 0 Å². The molecule has 0 spiro atoms. The van der Waals surface area contributed by atoms with Crippen LogP contribution in [0, 0.1) is 0 Å². The standard InChI is InChI=1S/C4H5F3O2.HO3P/c1-3(8)9-2-4(5,6)7;1-4(2)3/h2H2,1H3;(H-,1,2,3)/p+1. The molecular formula is C4H7F3O5P+. The van der Waals surface area contributed by atoms with Crippen LogP contribution in [0.4, 0.5) is 13.2 Å². The number of carbonyl (C=O) groups is 1. The zero-order valence-electron chi connectivity index (χ0n) is 6.41. The van der Waals surface area contributed by atoms with Gasteiger partial charge in [0.15, 0.2) is 6.61 Å². The SMILES string of the molecule is CC(=O)OCC(F)(F)F.O=[P+](O)O. The molecule has 0 amide bonds. The molecule has 0 aliphatic rings. The number of hydrogen-bond acceptors (Lipinski definition) is 3. The normalized spacial score (nSPS) is 9.69. The van der Waals surface area contributed by atoms with Crippen molar-refractivity contribution in [3.63, 3.8) is 0 Å². The summed E-state index contributed by atoms with van der Waals surface area (Å²) in [5.41, 5.74) is 0. The molecule has 0 unspecified atom stereocenters. The number of alkyl halides is 3. The van der Waals surface area contributed by atoms with Crippen LogP contribution in [0.2, 0.25) is 0 Å². The van der Waals surface area contributed by atoms with E-state index in [1.807, 2.05) is 0 Å². The van der Waals surface area contributed by atoms with E-state index in [4.69, 9.17) is 14.4 Å². The maximum Gasteiger partial charge on any atom is 0.692 e. The molecule has 0 aliphatic heterocycles. The zero-order valence-corrected chi connectivity index (χ0v) is 7.30. The van der Waals surface area contributed by atoms with Gasteiger partial charge in [-0.05, 0) is 0 Å². The van der Waals surface area contributed by atoms with Gasteiger partial charge in [-0.2, -0.15) is 13.2 Å². The van der Waals surface area contributed by atoms with Crippen molar-refractivity contribution < 1.29 is 37.1 Å². The molecule has 0 radical (unpaired) electrons. The number of ether oxygens (including phenoxy) is 1. The number of esters is 1. The lowest BCUT2D eigenvalue weighted by Crippen LogP contribution is -2.18. The van der Waals surface area contributed by atoms with Gasteiger partial charge in [-0.25, -0.2) is 0 Å². The molecule has 0 saturated carbocycles. The Hall–Kier alpha value is -0.720. The fraction of sp³-hybridized carbons (Fsp3) is 0.750. The molecule has 0 aromatic heterocycles. The molecule has 5 nitrogen and oxygen atoms in total. The van der Waals surface area contributed by atoms with E-state index in [-0.39, 0.29) is 0 Å². The van der Waals surface area contributed by atoms with E-state index in [0.717, 1.165) is 6.92 Å². The second kappa shape index (κ2) is 6.76. The maximum atomic E-state index is 11.1. The van der Waals surface area contributed by atoms with Gasteiger partial charge in [0.05, 0.1) is 0 Å². The van der Waals surface area contributed by atoms with Crippen LogP contribution in [0.3, 0.4) is 0 Å². The Morgan fingerprint density at radius 1 is 1.46 bits per heavy atom. The average Bonchev–Trinajstić information content (AvgIpc) is 1.80. The molecule has 0 bridgehead atoms. The van der Waals surface area contributed by atoms with Crippen LogP contribution < -0.4 is 0 Å². The van der Waals surface area contributed by atoms with Crippen molar-refractivity contribution in [2.24, 2.45) is 0 Å². The Bertz CT molecular complexity index is 175. The topological polar surface area (TPSA) is 83.8 Å². The molecule has 2 N–H and O–H groups in total. The summed E-state index contributed by atoms with van der Waals surface area (Å²) in [6, 6.07) is 0. The molecule has 0 aromatic rings. The minimum atomic E-state index is -4.41. The highest BCUT2D eigenvalue weighted by atomic mass is 31.1. The third kappa shape index (κ3) is 34.8. The number of hydrogen-bond donors (Lipinski definition) is 2. The van der Waals surface area contributed by atoms with Gasteiger partial charge < -0.3 is 4.74 Å². The second-order valence-electron chi connectivity index (χ2n) is 1.65. The van der Waals surface area contributed by atoms with E-state index in [1.54, 1.807) is 0 Å². The predicted octanol–water partition coefficient (Wildman–Crippen LogP) is 0.740. The number of halogens is 3.